The molecule has 0 bridgehead atoms. The topological polar surface area (TPSA) is 4.93 Å². The van der Waals surface area contributed by atoms with Crippen LogP contribution in [0.1, 0.15) is 0 Å². The summed E-state index contributed by atoms with van der Waals surface area (Å²) in [6.45, 7) is 0. The first-order valence-corrected chi connectivity index (χ1v) is 30.4. The fourth-order valence-electron chi connectivity index (χ4n) is 13.8. The first-order chi connectivity index (χ1) is 42.7. The quantitative estimate of drug-likeness (QED) is 0.146. The molecule has 18 aromatic rings. The molecule has 0 spiro atoms. The predicted molar refractivity (Wildman–Crippen MR) is 372 cm³/mol. The van der Waals surface area contributed by atoms with Gasteiger partial charge in [-0.15, -0.1) is 11.3 Å². The highest BCUT2D eigenvalue weighted by molar-refractivity contribution is 7.26. The molecule has 400 valence electrons. The second-order valence-corrected chi connectivity index (χ2v) is 23.6. The van der Waals surface area contributed by atoms with Crippen molar-refractivity contribution in [1.29, 1.82) is 0 Å². The van der Waals surface area contributed by atoms with E-state index >= 15 is 0 Å². The van der Waals surface area contributed by atoms with Crippen molar-refractivity contribution in [2.45, 2.75) is 0 Å². The number of fused-ring (bicyclic) bond motifs is 18. The fourth-order valence-corrected chi connectivity index (χ4v) is 15.2. The lowest BCUT2D eigenvalue weighted by atomic mass is 9.91. The highest BCUT2D eigenvalue weighted by Gasteiger charge is 2.17. The molecule has 0 radical (unpaired) electrons. The predicted octanol–water partition coefficient (Wildman–Crippen LogP) is 24.1. The van der Waals surface area contributed by atoms with Gasteiger partial charge in [0.15, 0.2) is 0 Å². The molecule has 0 amide bonds. The standard InChI is InChI=1S/C42H27N.C42H26S/c1-2-14-35-33(12-1)34-13-3-4-15-36(34)40-27-31(22-25-37(35)40)30-11-9-10-29(26-30)28-20-23-32(24-21-28)43-41-18-7-5-16-38(41)39-17-6-8-19-42(39)43;1-2-11-27(12-3-1)31-19-9-21-38-39-22-10-20-32(42(39)43-41(31)38)30-14-8-13-28(25-30)29-23-24-37-35-17-5-4-15-33(35)34-16-6-7-18-36(34)40(37)26-29/h1-27H;1-26H. The number of thiophene rings is 1. The molecule has 1 nitrogen and oxygen atoms in total. The van der Waals surface area contributed by atoms with Crippen LogP contribution < -0.4 is 0 Å². The van der Waals surface area contributed by atoms with Crippen molar-refractivity contribution in [1.82, 2.24) is 4.57 Å². The lowest BCUT2D eigenvalue weighted by molar-refractivity contribution is 1.18. The average molecular weight is 1110 g/mol. The summed E-state index contributed by atoms with van der Waals surface area (Å²) in [6, 6.07) is 118. The molecule has 2 aromatic heterocycles. The molecule has 0 aliphatic carbocycles. The summed E-state index contributed by atoms with van der Waals surface area (Å²) in [5, 5.41) is 20.9. The molecule has 0 atom stereocenters. The van der Waals surface area contributed by atoms with E-state index in [1.165, 1.54) is 168 Å². The van der Waals surface area contributed by atoms with Crippen LogP contribution in [0.25, 0.3) is 168 Å². The van der Waals surface area contributed by atoms with Gasteiger partial charge in [0.25, 0.3) is 0 Å². The first-order valence-electron chi connectivity index (χ1n) is 29.6. The average Bonchev–Trinajstić information content (AvgIpc) is 2.47. The minimum atomic E-state index is 1.17. The smallest absolute Gasteiger partial charge is 0.0541 e. The maximum atomic E-state index is 2.38. The van der Waals surface area contributed by atoms with Crippen LogP contribution in [-0.4, -0.2) is 4.57 Å². The van der Waals surface area contributed by atoms with Crippen molar-refractivity contribution in [3.63, 3.8) is 0 Å². The molecule has 86 heavy (non-hydrogen) atoms. The summed E-state index contributed by atoms with van der Waals surface area (Å²) in [6.07, 6.45) is 0. The maximum absolute atomic E-state index is 2.38. The molecular weight excluding hydrogens is 1050 g/mol. The third kappa shape index (κ3) is 8.21. The van der Waals surface area contributed by atoms with Crippen molar-refractivity contribution >= 4 is 118 Å². The Morgan fingerprint density at radius 2 is 0.477 bits per heavy atom. The number of nitrogens with zero attached hydrogens (tertiary/aromatic N) is 1. The van der Waals surface area contributed by atoms with E-state index < -0.39 is 0 Å². The molecule has 0 unspecified atom stereocenters. The summed E-state index contributed by atoms with van der Waals surface area (Å²) in [5.74, 6) is 0. The van der Waals surface area contributed by atoms with E-state index in [-0.39, 0.29) is 0 Å². The molecule has 0 aliphatic rings. The van der Waals surface area contributed by atoms with Gasteiger partial charge in [0.2, 0.25) is 0 Å². The van der Waals surface area contributed by atoms with Gasteiger partial charge in [-0.2, -0.15) is 0 Å². The van der Waals surface area contributed by atoms with E-state index in [2.05, 4.69) is 326 Å². The lowest BCUT2D eigenvalue weighted by Gasteiger charge is -2.13. The normalized spacial score (nSPS) is 11.7. The van der Waals surface area contributed by atoms with Gasteiger partial charge in [-0.25, -0.2) is 0 Å². The molecule has 0 aliphatic heterocycles. The van der Waals surface area contributed by atoms with Crippen LogP contribution in [0, 0.1) is 0 Å². The Balaban J connectivity index is 0.000000134. The summed E-state index contributed by atoms with van der Waals surface area (Å²) >= 11 is 1.91. The van der Waals surface area contributed by atoms with Crippen LogP contribution in [0.15, 0.2) is 322 Å². The van der Waals surface area contributed by atoms with E-state index in [4.69, 9.17) is 0 Å². The number of hydrogen-bond donors (Lipinski definition) is 0. The molecule has 18 rings (SSSR count). The van der Waals surface area contributed by atoms with Gasteiger partial charge in [-0.1, -0.05) is 273 Å². The molecule has 2 heterocycles. The van der Waals surface area contributed by atoms with E-state index in [9.17, 15) is 0 Å². The fraction of sp³-hybridized carbons (Fsp3) is 0. The molecule has 0 N–H and O–H groups in total. The zero-order valence-corrected chi connectivity index (χ0v) is 47.8. The van der Waals surface area contributed by atoms with Gasteiger partial charge in [-0.05, 0) is 169 Å². The molecule has 0 saturated heterocycles. The first kappa shape index (κ1) is 49.7. The van der Waals surface area contributed by atoms with Crippen LogP contribution in [0.5, 0.6) is 0 Å². The summed E-state index contributed by atoms with van der Waals surface area (Å²) in [4.78, 5) is 0. The number of para-hydroxylation sites is 2. The third-order valence-electron chi connectivity index (χ3n) is 17.8. The number of rotatable bonds is 6. The minimum Gasteiger partial charge on any atom is -0.309 e. The second-order valence-electron chi connectivity index (χ2n) is 22.6. The Labute approximate surface area is 502 Å². The van der Waals surface area contributed by atoms with Crippen molar-refractivity contribution in [2.75, 3.05) is 0 Å². The zero-order valence-electron chi connectivity index (χ0n) is 47.0. The van der Waals surface area contributed by atoms with Gasteiger partial charge < -0.3 is 4.57 Å². The van der Waals surface area contributed by atoms with Crippen molar-refractivity contribution < 1.29 is 0 Å². The monoisotopic (exact) mass is 1110 g/mol. The molecule has 16 aromatic carbocycles. The number of aromatic nitrogens is 1. The van der Waals surface area contributed by atoms with Crippen molar-refractivity contribution in [3.05, 3.63) is 322 Å². The summed E-state index contributed by atoms with van der Waals surface area (Å²) < 4.78 is 5.06. The Morgan fingerprint density at radius 3 is 0.942 bits per heavy atom. The lowest BCUT2D eigenvalue weighted by Crippen LogP contribution is -1.93. The molecule has 2 heteroatoms. The van der Waals surface area contributed by atoms with Crippen LogP contribution in [0.3, 0.4) is 0 Å². The van der Waals surface area contributed by atoms with Crippen LogP contribution in [0.2, 0.25) is 0 Å². The minimum absolute atomic E-state index is 1.17. The van der Waals surface area contributed by atoms with E-state index in [0.717, 1.165) is 0 Å². The van der Waals surface area contributed by atoms with Gasteiger partial charge in [0.05, 0.1) is 11.0 Å². The Bertz CT molecular complexity index is 5580. The molecule has 0 fully saturated rings. The van der Waals surface area contributed by atoms with Gasteiger partial charge in [0, 0.05) is 36.6 Å². The highest BCUT2D eigenvalue weighted by atomic mass is 32.1. The number of hydrogen-bond acceptors (Lipinski definition) is 1. The SMILES string of the molecule is c1cc(-c2ccc(-n3c4ccccc4c4ccccc43)cc2)cc(-c2ccc3c4ccccc4c4ccccc4c3c2)c1.c1ccc(-c2cccc3c2sc2c(-c4cccc(-c5ccc6c7ccccc7c7ccccc7c6c5)c4)cccc23)cc1. The Kier molecular flexibility index (Phi) is 11.8. The molecular formula is C84H53NS. The van der Waals surface area contributed by atoms with E-state index in [1.54, 1.807) is 0 Å². The van der Waals surface area contributed by atoms with Crippen molar-refractivity contribution in [3.8, 4) is 61.3 Å². The maximum Gasteiger partial charge on any atom is 0.0541 e. The van der Waals surface area contributed by atoms with Gasteiger partial charge >= 0.3 is 0 Å². The molecule has 0 saturated carbocycles. The van der Waals surface area contributed by atoms with Crippen molar-refractivity contribution in [2.24, 2.45) is 0 Å². The summed E-state index contributed by atoms with van der Waals surface area (Å²) in [7, 11) is 0. The zero-order chi connectivity index (χ0) is 56.7. The van der Waals surface area contributed by atoms with Crippen LogP contribution >= 0.6 is 11.3 Å². The second kappa shape index (κ2) is 20.5. The Morgan fingerprint density at radius 1 is 0.174 bits per heavy atom. The number of benzene rings is 16. The van der Waals surface area contributed by atoms with E-state index in [1.807, 2.05) is 11.3 Å². The van der Waals surface area contributed by atoms with E-state index in [0.29, 0.717) is 0 Å². The van der Waals surface area contributed by atoms with Gasteiger partial charge in [0.1, 0.15) is 0 Å². The van der Waals surface area contributed by atoms with Crippen LogP contribution in [-0.2, 0) is 0 Å². The largest absolute Gasteiger partial charge is 0.309 e. The van der Waals surface area contributed by atoms with Crippen LogP contribution in [0.4, 0.5) is 0 Å². The van der Waals surface area contributed by atoms with Gasteiger partial charge in [-0.3, -0.25) is 0 Å². The third-order valence-corrected chi connectivity index (χ3v) is 19.1. The highest BCUT2D eigenvalue weighted by Crippen LogP contribution is 2.46. The Hall–Kier alpha value is -10.9. The summed E-state index contributed by atoms with van der Waals surface area (Å²) in [5.41, 5.74) is 16.1.